The molecule has 2 saturated carbocycles. The fourth-order valence-electron chi connectivity index (χ4n) is 8.28. The summed E-state index contributed by atoms with van der Waals surface area (Å²) < 4.78 is 13.2. The van der Waals surface area contributed by atoms with E-state index in [0.717, 1.165) is 32.1 Å². The molecular formula is C30H50O5. The number of carbonyl (C=O) groups excluding carboxylic acids is 1. The summed E-state index contributed by atoms with van der Waals surface area (Å²) in [5.41, 5.74) is -2.37. The van der Waals surface area contributed by atoms with Crippen molar-refractivity contribution in [1.29, 1.82) is 0 Å². The van der Waals surface area contributed by atoms with Crippen LogP contribution in [0.5, 0.6) is 0 Å². The molecule has 4 aliphatic rings. The Morgan fingerprint density at radius 1 is 0.914 bits per heavy atom. The van der Waals surface area contributed by atoms with Crippen molar-refractivity contribution >= 4 is 5.78 Å². The second-order valence-corrected chi connectivity index (χ2v) is 14.3. The predicted octanol–water partition coefficient (Wildman–Crippen LogP) is 5.96. The number of fused-ring (bicyclic) bond motifs is 2. The number of ketones is 1. The molecule has 0 radical (unpaired) electrons. The molecule has 2 aliphatic heterocycles. The number of hydrogen-bond acceptors (Lipinski definition) is 5. The fourth-order valence-corrected chi connectivity index (χ4v) is 8.28. The monoisotopic (exact) mass is 490 g/mol. The highest BCUT2D eigenvalue weighted by molar-refractivity contribution is 5.86. The molecule has 0 amide bonds. The van der Waals surface area contributed by atoms with Crippen LogP contribution in [0.2, 0.25) is 0 Å². The maximum Gasteiger partial charge on any atom is 0.188 e. The Morgan fingerprint density at radius 3 is 2.29 bits per heavy atom. The van der Waals surface area contributed by atoms with Gasteiger partial charge in [-0.05, 0) is 90.0 Å². The molecule has 0 aromatic rings. The minimum atomic E-state index is -1.39. The number of aliphatic hydroxyl groups is 2. The lowest BCUT2D eigenvalue weighted by Crippen LogP contribution is -2.56. The van der Waals surface area contributed by atoms with Crippen LogP contribution in [0.25, 0.3) is 0 Å². The normalized spacial score (nSPS) is 50.2. The SMILES string of the molecule is C[C@@H]1CC[C@@H]2C(C)(C)CCC[C@@]2(C)O[C@@]1(O)/C=C/[C@H]1[C@@]2(C)CCC(=O)C(C)(C)O[C@@H]2CC[C@]1(C)O. The smallest absolute Gasteiger partial charge is 0.188 e. The first-order valence-corrected chi connectivity index (χ1v) is 14.0. The molecule has 2 aliphatic carbocycles. The van der Waals surface area contributed by atoms with Gasteiger partial charge in [-0.3, -0.25) is 4.79 Å². The van der Waals surface area contributed by atoms with E-state index in [0.29, 0.717) is 25.2 Å². The van der Waals surface area contributed by atoms with Gasteiger partial charge in [0.15, 0.2) is 11.6 Å². The second kappa shape index (κ2) is 8.64. The molecule has 5 nitrogen and oxygen atoms in total. The van der Waals surface area contributed by atoms with Crippen LogP contribution in [0.1, 0.15) is 113 Å². The van der Waals surface area contributed by atoms with E-state index in [1.54, 1.807) is 0 Å². The molecule has 8 atom stereocenters. The van der Waals surface area contributed by atoms with Crippen LogP contribution in [0.4, 0.5) is 0 Å². The highest BCUT2D eigenvalue weighted by atomic mass is 16.6. The van der Waals surface area contributed by atoms with Crippen molar-refractivity contribution in [2.24, 2.45) is 28.6 Å². The van der Waals surface area contributed by atoms with Crippen molar-refractivity contribution in [2.75, 3.05) is 0 Å². The fraction of sp³-hybridized carbons (Fsp3) is 0.900. The molecule has 4 rings (SSSR count). The zero-order chi connectivity index (χ0) is 26.1. The van der Waals surface area contributed by atoms with Gasteiger partial charge in [0.1, 0.15) is 5.60 Å². The highest BCUT2D eigenvalue weighted by Gasteiger charge is 2.57. The first-order valence-electron chi connectivity index (χ1n) is 14.0. The standard InChI is InChI=1S/C30H50O5/c1-20-10-11-21-25(2,3)15-9-16-29(21,8)35-30(20,33)19-12-22-27(6)17-13-23(31)26(4,5)34-24(27)14-18-28(22,7)32/h12,19-22,24,32-33H,9-11,13-18H2,1-8H3/b19-12+/t20-,21-,22+,24-,27-,28+,29-,30+/m1/s1. The van der Waals surface area contributed by atoms with Crippen molar-refractivity contribution in [2.45, 2.75) is 142 Å². The van der Waals surface area contributed by atoms with E-state index in [9.17, 15) is 15.0 Å². The average Bonchev–Trinajstić information content (AvgIpc) is 2.88. The van der Waals surface area contributed by atoms with E-state index in [1.165, 1.54) is 6.42 Å². The van der Waals surface area contributed by atoms with Crippen LogP contribution in [-0.2, 0) is 14.3 Å². The number of carbonyl (C=O) groups is 1. The third kappa shape index (κ3) is 4.69. The Labute approximate surface area is 213 Å². The van der Waals surface area contributed by atoms with Gasteiger partial charge in [-0.1, -0.05) is 40.2 Å². The summed E-state index contributed by atoms with van der Waals surface area (Å²) in [6.07, 6.45) is 11.3. The van der Waals surface area contributed by atoms with Gasteiger partial charge in [-0.2, -0.15) is 0 Å². The van der Waals surface area contributed by atoms with Crippen LogP contribution in [0.3, 0.4) is 0 Å². The molecular weight excluding hydrogens is 440 g/mol. The Balaban J connectivity index is 1.67. The summed E-state index contributed by atoms with van der Waals surface area (Å²) in [6.45, 7) is 16.7. The number of ether oxygens (including phenoxy) is 2. The van der Waals surface area contributed by atoms with E-state index in [-0.39, 0.29) is 34.7 Å². The van der Waals surface area contributed by atoms with Crippen LogP contribution in [-0.4, -0.2) is 44.7 Å². The Morgan fingerprint density at radius 2 is 1.60 bits per heavy atom. The van der Waals surface area contributed by atoms with Gasteiger partial charge in [0.2, 0.25) is 0 Å². The summed E-state index contributed by atoms with van der Waals surface area (Å²) in [7, 11) is 0. The molecule has 35 heavy (non-hydrogen) atoms. The Kier molecular flexibility index (Phi) is 6.74. The topological polar surface area (TPSA) is 76.0 Å². The van der Waals surface area contributed by atoms with E-state index in [2.05, 4.69) is 34.6 Å². The van der Waals surface area contributed by atoms with Crippen molar-refractivity contribution in [3.63, 3.8) is 0 Å². The molecule has 0 aromatic heterocycles. The van der Waals surface area contributed by atoms with Crippen LogP contribution in [0, 0.1) is 28.6 Å². The van der Waals surface area contributed by atoms with Crippen LogP contribution < -0.4 is 0 Å². The van der Waals surface area contributed by atoms with Crippen LogP contribution >= 0.6 is 0 Å². The minimum absolute atomic E-state index is 0.0555. The quantitative estimate of drug-likeness (QED) is 0.467. The van der Waals surface area contributed by atoms with E-state index in [4.69, 9.17) is 9.47 Å². The summed E-state index contributed by atoms with van der Waals surface area (Å²) in [5, 5.41) is 23.5. The second-order valence-electron chi connectivity index (χ2n) is 14.3. The minimum Gasteiger partial charge on any atom is -0.390 e. The van der Waals surface area contributed by atoms with Gasteiger partial charge in [0.25, 0.3) is 0 Å². The predicted molar refractivity (Wildman–Crippen MR) is 138 cm³/mol. The van der Waals surface area contributed by atoms with Gasteiger partial charge in [-0.15, -0.1) is 0 Å². The molecule has 5 heteroatoms. The largest absolute Gasteiger partial charge is 0.390 e. The first kappa shape index (κ1) is 27.3. The molecule has 2 heterocycles. The van der Waals surface area contributed by atoms with Gasteiger partial charge in [-0.25, -0.2) is 0 Å². The molecule has 0 spiro atoms. The summed E-state index contributed by atoms with van der Waals surface area (Å²) in [6, 6.07) is 0. The number of rotatable bonds is 2. The summed E-state index contributed by atoms with van der Waals surface area (Å²) in [5.74, 6) is -1.19. The zero-order valence-corrected chi connectivity index (χ0v) is 23.4. The Hall–Kier alpha value is -0.750. The lowest BCUT2D eigenvalue weighted by molar-refractivity contribution is -0.275. The maximum absolute atomic E-state index is 12.8. The molecule has 2 N–H and O–H groups in total. The highest BCUT2D eigenvalue weighted by Crippen LogP contribution is 2.56. The third-order valence-corrected chi connectivity index (χ3v) is 10.7. The van der Waals surface area contributed by atoms with E-state index in [1.807, 2.05) is 32.9 Å². The molecule has 200 valence electrons. The lowest BCUT2D eigenvalue weighted by atomic mass is 9.57. The van der Waals surface area contributed by atoms with Crippen molar-refractivity contribution in [1.82, 2.24) is 0 Å². The van der Waals surface area contributed by atoms with Crippen molar-refractivity contribution in [3.8, 4) is 0 Å². The molecule has 2 saturated heterocycles. The third-order valence-electron chi connectivity index (χ3n) is 10.7. The van der Waals surface area contributed by atoms with E-state index < -0.39 is 22.4 Å². The molecule has 0 unspecified atom stereocenters. The summed E-state index contributed by atoms with van der Waals surface area (Å²) in [4.78, 5) is 12.8. The van der Waals surface area contributed by atoms with Crippen molar-refractivity contribution < 1.29 is 24.5 Å². The number of hydrogen-bond donors (Lipinski definition) is 2. The van der Waals surface area contributed by atoms with Gasteiger partial charge in [0, 0.05) is 23.7 Å². The lowest BCUT2D eigenvalue weighted by Gasteiger charge is -2.53. The van der Waals surface area contributed by atoms with Gasteiger partial charge < -0.3 is 19.7 Å². The molecule has 0 bridgehead atoms. The first-order chi connectivity index (χ1) is 16.0. The zero-order valence-electron chi connectivity index (χ0n) is 23.4. The molecule has 0 aromatic carbocycles. The van der Waals surface area contributed by atoms with Crippen molar-refractivity contribution in [3.05, 3.63) is 12.2 Å². The van der Waals surface area contributed by atoms with Crippen LogP contribution in [0.15, 0.2) is 12.2 Å². The number of Topliss-reactive ketones (excluding diaryl/α,β-unsaturated/α-hetero) is 1. The Bertz CT molecular complexity index is 859. The maximum atomic E-state index is 12.8. The molecule has 4 fully saturated rings. The van der Waals surface area contributed by atoms with Gasteiger partial charge >= 0.3 is 0 Å². The average molecular weight is 491 g/mol. The van der Waals surface area contributed by atoms with Gasteiger partial charge in [0.05, 0.1) is 17.3 Å². The van der Waals surface area contributed by atoms with E-state index >= 15 is 0 Å². The summed E-state index contributed by atoms with van der Waals surface area (Å²) >= 11 is 0.